The molecule has 0 saturated heterocycles. The molecule has 3 aromatic carbocycles. The molecule has 134 valence electrons. The Morgan fingerprint density at radius 2 is 1.50 bits per heavy atom. The van der Waals surface area contributed by atoms with Crippen molar-refractivity contribution in [3.05, 3.63) is 82.9 Å². The normalized spacial score (nSPS) is 13.4. The molecule has 2 unspecified atom stereocenters. The van der Waals surface area contributed by atoms with Gasteiger partial charge in [-0.3, -0.25) is 0 Å². The van der Waals surface area contributed by atoms with E-state index >= 15 is 0 Å². The van der Waals surface area contributed by atoms with Crippen LogP contribution < -0.4 is 0 Å². The molecule has 26 heavy (non-hydrogen) atoms. The lowest BCUT2D eigenvalue weighted by Crippen LogP contribution is -2.09. The maximum Gasteiger partial charge on any atom is 0.338 e. The van der Waals surface area contributed by atoms with E-state index in [9.17, 15) is 4.79 Å². The fourth-order valence-electron chi connectivity index (χ4n) is 3.12. The minimum atomic E-state index is -0.289. The summed E-state index contributed by atoms with van der Waals surface area (Å²) in [5.74, 6) is 0.220. The summed E-state index contributed by atoms with van der Waals surface area (Å²) in [7, 11) is 0. The van der Waals surface area contributed by atoms with Crippen molar-refractivity contribution in [1.29, 1.82) is 0 Å². The molecule has 0 amide bonds. The number of fused-ring (bicyclic) bond motifs is 1. The number of carbonyl (C=O) groups excluding carboxylic acids is 1. The second-order valence-corrected chi connectivity index (χ2v) is 7.09. The van der Waals surface area contributed by atoms with E-state index in [1.807, 2.05) is 37.3 Å². The molecular weight excluding hydrogens is 320 g/mol. The molecule has 3 rings (SSSR count). The molecule has 0 bridgehead atoms. The molecule has 0 heterocycles. The average Bonchev–Trinajstić information content (AvgIpc) is 2.66. The molecule has 0 N–H and O–H groups in total. The van der Waals surface area contributed by atoms with Crippen LogP contribution in [0.15, 0.2) is 60.7 Å². The summed E-state index contributed by atoms with van der Waals surface area (Å²) in [4.78, 5) is 12.5. The average molecular weight is 346 g/mol. The van der Waals surface area contributed by atoms with Crippen molar-refractivity contribution in [3.8, 4) is 0 Å². The standard InChI is InChI=1S/C24H26O2/c1-5-17(3)19-8-10-20(11-9-19)24(25)26-18(4)21-12-13-22-14-16(2)6-7-23(22)15-21/h6-15,17-18H,5H2,1-4H3. The van der Waals surface area contributed by atoms with Crippen molar-refractivity contribution in [2.45, 2.75) is 46.1 Å². The van der Waals surface area contributed by atoms with Crippen molar-refractivity contribution in [3.63, 3.8) is 0 Å². The van der Waals surface area contributed by atoms with Gasteiger partial charge in [0, 0.05) is 0 Å². The number of carbonyl (C=O) groups is 1. The van der Waals surface area contributed by atoms with Gasteiger partial charge < -0.3 is 4.74 Å². The van der Waals surface area contributed by atoms with Crippen LogP contribution in [0.5, 0.6) is 0 Å². The smallest absolute Gasteiger partial charge is 0.338 e. The Morgan fingerprint density at radius 3 is 2.19 bits per heavy atom. The van der Waals surface area contributed by atoms with Gasteiger partial charge in [-0.15, -0.1) is 0 Å². The van der Waals surface area contributed by atoms with Crippen LogP contribution in [-0.4, -0.2) is 5.97 Å². The van der Waals surface area contributed by atoms with E-state index in [2.05, 4.69) is 51.1 Å². The van der Waals surface area contributed by atoms with Crippen LogP contribution in [0.25, 0.3) is 10.8 Å². The van der Waals surface area contributed by atoms with Gasteiger partial charge in [0.25, 0.3) is 0 Å². The van der Waals surface area contributed by atoms with Gasteiger partial charge in [-0.05, 0) is 66.3 Å². The second-order valence-electron chi connectivity index (χ2n) is 7.09. The van der Waals surface area contributed by atoms with Crippen LogP contribution in [0, 0.1) is 6.92 Å². The summed E-state index contributed by atoms with van der Waals surface area (Å²) < 4.78 is 5.68. The SMILES string of the molecule is CCC(C)c1ccc(C(=O)OC(C)c2ccc3cc(C)ccc3c2)cc1. The van der Waals surface area contributed by atoms with E-state index in [0.717, 1.165) is 17.4 Å². The fourth-order valence-corrected chi connectivity index (χ4v) is 3.12. The molecule has 2 atom stereocenters. The van der Waals surface area contributed by atoms with Crippen LogP contribution in [0.3, 0.4) is 0 Å². The third-order valence-electron chi connectivity index (χ3n) is 5.10. The lowest BCUT2D eigenvalue weighted by Gasteiger charge is -2.15. The zero-order valence-electron chi connectivity index (χ0n) is 16.0. The molecule has 0 spiro atoms. The minimum absolute atomic E-state index is 0.280. The van der Waals surface area contributed by atoms with Crippen LogP contribution in [-0.2, 0) is 4.74 Å². The molecule has 0 aliphatic heterocycles. The third kappa shape index (κ3) is 3.96. The van der Waals surface area contributed by atoms with Crippen LogP contribution in [0.4, 0.5) is 0 Å². The van der Waals surface area contributed by atoms with Crippen LogP contribution in [0.1, 0.15) is 66.3 Å². The van der Waals surface area contributed by atoms with E-state index in [0.29, 0.717) is 11.5 Å². The Hall–Kier alpha value is -2.61. The number of aryl methyl sites for hydroxylation is 1. The van der Waals surface area contributed by atoms with E-state index in [-0.39, 0.29) is 12.1 Å². The predicted molar refractivity (Wildman–Crippen MR) is 108 cm³/mol. The van der Waals surface area contributed by atoms with Gasteiger partial charge in [0.2, 0.25) is 0 Å². The predicted octanol–water partition coefficient (Wildman–Crippen LogP) is 6.58. The van der Waals surface area contributed by atoms with E-state index in [1.54, 1.807) is 0 Å². The van der Waals surface area contributed by atoms with Crippen molar-refractivity contribution >= 4 is 16.7 Å². The summed E-state index contributed by atoms with van der Waals surface area (Å²) in [6, 6.07) is 20.3. The van der Waals surface area contributed by atoms with Crippen LogP contribution in [0.2, 0.25) is 0 Å². The van der Waals surface area contributed by atoms with Crippen molar-refractivity contribution in [2.24, 2.45) is 0 Å². The van der Waals surface area contributed by atoms with E-state index in [1.165, 1.54) is 16.5 Å². The van der Waals surface area contributed by atoms with Crippen molar-refractivity contribution in [2.75, 3.05) is 0 Å². The first-order valence-corrected chi connectivity index (χ1v) is 9.29. The summed E-state index contributed by atoms with van der Waals surface area (Å²) in [5.41, 5.74) is 4.10. The van der Waals surface area contributed by atoms with Gasteiger partial charge >= 0.3 is 5.97 Å². The highest BCUT2D eigenvalue weighted by atomic mass is 16.5. The third-order valence-corrected chi connectivity index (χ3v) is 5.10. The van der Waals surface area contributed by atoms with Gasteiger partial charge in [-0.2, -0.15) is 0 Å². The van der Waals surface area contributed by atoms with Gasteiger partial charge in [0.15, 0.2) is 0 Å². The van der Waals surface area contributed by atoms with Gasteiger partial charge in [0.05, 0.1) is 5.56 Å². The Balaban J connectivity index is 1.73. The van der Waals surface area contributed by atoms with E-state index in [4.69, 9.17) is 4.74 Å². The highest BCUT2D eigenvalue weighted by molar-refractivity contribution is 5.89. The van der Waals surface area contributed by atoms with Gasteiger partial charge in [-0.1, -0.05) is 61.9 Å². The second kappa shape index (κ2) is 7.74. The van der Waals surface area contributed by atoms with E-state index < -0.39 is 0 Å². The summed E-state index contributed by atoms with van der Waals surface area (Å²) in [5, 5.41) is 2.36. The summed E-state index contributed by atoms with van der Waals surface area (Å²) in [6.07, 6.45) is 0.796. The number of ether oxygens (including phenoxy) is 1. The van der Waals surface area contributed by atoms with Gasteiger partial charge in [0.1, 0.15) is 6.10 Å². The number of rotatable bonds is 5. The highest BCUT2D eigenvalue weighted by Gasteiger charge is 2.14. The molecule has 0 fully saturated rings. The highest BCUT2D eigenvalue weighted by Crippen LogP contribution is 2.25. The maximum atomic E-state index is 12.5. The van der Waals surface area contributed by atoms with Crippen LogP contribution >= 0.6 is 0 Å². The Bertz CT molecular complexity index is 909. The molecule has 0 aliphatic carbocycles. The number of esters is 1. The molecule has 3 aromatic rings. The quantitative estimate of drug-likeness (QED) is 0.488. The Kier molecular flexibility index (Phi) is 5.41. The molecule has 0 saturated carbocycles. The lowest BCUT2D eigenvalue weighted by atomic mass is 9.98. The maximum absolute atomic E-state index is 12.5. The minimum Gasteiger partial charge on any atom is -0.454 e. The molecule has 2 nitrogen and oxygen atoms in total. The largest absolute Gasteiger partial charge is 0.454 e. The monoisotopic (exact) mass is 346 g/mol. The number of benzene rings is 3. The molecule has 0 radical (unpaired) electrons. The topological polar surface area (TPSA) is 26.3 Å². The first-order chi connectivity index (χ1) is 12.5. The molecular formula is C24H26O2. The number of hydrogen-bond donors (Lipinski definition) is 0. The molecule has 2 heteroatoms. The van der Waals surface area contributed by atoms with Gasteiger partial charge in [-0.25, -0.2) is 4.79 Å². The molecule has 0 aliphatic rings. The fraction of sp³-hybridized carbons (Fsp3) is 0.292. The first kappa shape index (κ1) is 18.2. The first-order valence-electron chi connectivity index (χ1n) is 9.29. The zero-order chi connectivity index (χ0) is 18.7. The summed E-state index contributed by atoms with van der Waals surface area (Å²) >= 11 is 0. The zero-order valence-corrected chi connectivity index (χ0v) is 16.0. The Morgan fingerprint density at radius 1 is 0.885 bits per heavy atom. The van der Waals surface area contributed by atoms with Crippen molar-refractivity contribution in [1.82, 2.24) is 0 Å². The number of hydrogen-bond acceptors (Lipinski definition) is 2. The Labute approximate surface area is 155 Å². The van der Waals surface area contributed by atoms with Crippen molar-refractivity contribution < 1.29 is 9.53 Å². The summed E-state index contributed by atoms with van der Waals surface area (Å²) in [6.45, 7) is 8.36. The molecule has 0 aromatic heterocycles. The lowest BCUT2D eigenvalue weighted by molar-refractivity contribution is 0.0338.